The summed E-state index contributed by atoms with van der Waals surface area (Å²) in [6.45, 7) is 8.29. The van der Waals surface area contributed by atoms with Crippen molar-refractivity contribution in [1.29, 1.82) is 0 Å². The summed E-state index contributed by atoms with van der Waals surface area (Å²) in [5.74, 6) is 1.07. The van der Waals surface area contributed by atoms with Crippen molar-refractivity contribution >= 4 is 17.2 Å². The second kappa shape index (κ2) is 6.86. The Morgan fingerprint density at radius 3 is 2.75 bits per heavy atom. The SMILES string of the molecule is CNCc1cc(C)nc(N(Cc2cccs2)C(C)C)c1. The molecule has 2 aromatic heterocycles. The molecule has 4 heteroatoms. The Labute approximate surface area is 125 Å². The smallest absolute Gasteiger partial charge is 0.129 e. The minimum atomic E-state index is 0.425. The van der Waals surface area contributed by atoms with Crippen molar-refractivity contribution in [2.75, 3.05) is 11.9 Å². The molecule has 1 N–H and O–H groups in total. The molecule has 0 saturated carbocycles. The zero-order chi connectivity index (χ0) is 14.5. The molecule has 0 amide bonds. The second-order valence-electron chi connectivity index (χ2n) is 5.31. The number of anilines is 1. The zero-order valence-corrected chi connectivity index (χ0v) is 13.5. The number of nitrogens with zero attached hydrogens (tertiary/aromatic N) is 2. The van der Waals surface area contributed by atoms with E-state index < -0.39 is 0 Å². The topological polar surface area (TPSA) is 28.2 Å². The number of thiophene rings is 1. The molecule has 2 rings (SSSR count). The molecule has 0 saturated heterocycles. The molecule has 0 aliphatic heterocycles. The van der Waals surface area contributed by atoms with Crippen molar-refractivity contribution in [2.45, 2.75) is 39.9 Å². The summed E-state index contributed by atoms with van der Waals surface area (Å²) in [4.78, 5) is 8.45. The van der Waals surface area contributed by atoms with Crippen molar-refractivity contribution in [1.82, 2.24) is 10.3 Å². The largest absolute Gasteiger partial charge is 0.349 e. The summed E-state index contributed by atoms with van der Waals surface area (Å²) in [6, 6.07) is 9.05. The summed E-state index contributed by atoms with van der Waals surface area (Å²) in [5.41, 5.74) is 2.36. The molecule has 0 aromatic carbocycles. The van der Waals surface area contributed by atoms with E-state index in [-0.39, 0.29) is 0 Å². The van der Waals surface area contributed by atoms with Crippen molar-refractivity contribution in [2.24, 2.45) is 0 Å². The summed E-state index contributed by atoms with van der Waals surface area (Å²) < 4.78 is 0. The lowest BCUT2D eigenvalue weighted by atomic mass is 10.2. The lowest BCUT2D eigenvalue weighted by molar-refractivity contribution is 0.674. The van der Waals surface area contributed by atoms with Crippen LogP contribution < -0.4 is 10.2 Å². The van der Waals surface area contributed by atoms with Crippen LogP contribution in [0.15, 0.2) is 29.6 Å². The lowest BCUT2D eigenvalue weighted by Gasteiger charge is -2.28. The zero-order valence-electron chi connectivity index (χ0n) is 12.7. The van der Waals surface area contributed by atoms with Crippen molar-refractivity contribution in [3.05, 3.63) is 45.8 Å². The molecule has 108 valence electrons. The van der Waals surface area contributed by atoms with E-state index in [1.807, 2.05) is 7.05 Å². The van der Waals surface area contributed by atoms with E-state index >= 15 is 0 Å². The highest BCUT2D eigenvalue weighted by molar-refractivity contribution is 7.09. The van der Waals surface area contributed by atoms with Crippen molar-refractivity contribution < 1.29 is 0 Å². The van der Waals surface area contributed by atoms with E-state index in [4.69, 9.17) is 4.98 Å². The Balaban J connectivity index is 2.28. The Hall–Kier alpha value is -1.39. The van der Waals surface area contributed by atoms with Crippen LogP contribution in [0.25, 0.3) is 0 Å². The fraction of sp³-hybridized carbons (Fsp3) is 0.438. The molecule has 0 bridgehead atoms. The fourth-order valence-electron chi connectivity index (χ4n) is 2.27. The van der Waals surface area contributed by atoms with Gasteiger partial charge in [0.15, 0.2) is 0 Å². The van der Waals surface area contributed by atoms with Gasteiger partial charge >= 0.3 is 0 Å². The maximum absolute atomic E-state index is 4.72. The molecular formula is C16H23N3S. The van der Waals surface area contributed by atoms with E-state index in [1.165, 1.54) is 10.4 Å². The van der Waals surface area contributed by atoms with Crippen LogP contribution in [-0.4, -0.2) is 18.1 Å². The number of hydrogen-bond acceptors (Lipinski definition) is 4. The van der Waals surface area contributed by atoms with Gasteiger partial charge in [0.1, 0.15) is 5.82 Å². The first-order valence-corrected chi connectivity index (χ1v) is 7.89. The van der Waals surface area contributed by atoms with Gasteiger partial charge in [-0.1, -0.05) is 6.07 Å². The number of pyridine rings is 1. The molecule has 0 radical (unpaired) electrons. The van der Waals surface area contributed by atoms with Gasteiger partial charge in [-0.3, -0.25) is 0 Å². The summed E-state index contributed by atoms with van der Waals surface area (Å²) in [5, 5.41) is 5.34. The van der Waals surface area contributed by atoms with E-state index in [1.54, 1.807) is 11.3 Å². The molecule has 20 heavy (non-hydrogen) atoms. The van der Waals surface area contributed by atoms with Gasteiger partial charge < -0.3 is 10.2 Å². The average Bonchev–Trinajstić information content (AvgIpc) is 2.88. The van der Waals surface area contributed by atoms with E-state index in [0.29, 0.717) is 6.04 Å². The van der Waals surface area contributed by atoms with Gasteiger partial charge in [0.25, 0.3) is 0 Å². The van der Waals surface area contributed by atoms with Gasteiger partial charge in [0, 0.05) is 23.2 Å². The van der Waals surface area contributed by atoms with E-state index in [9.17, 15) is 0 Å². The highest BCUT2D eigenvalue weighted by Gasteiger charge is 2.14. The third kappa shape index (κ3) is 3.81. The minimum Gasteiger partial charge on any atom is -0.349 e. The number of aryl methyl sites for hydroxylation is 1. The number of aromatic nitrogens is 1. The van der Waals surface area contributed by atoms with Crippen LogP contribution in [0.1, 0.15) is 30.0 Å². The standard InChI is InChI=1S/C16H23N3S/c1-12(2)19(11-15-6-5-7-20-15)16-9-14(10-17-4)8-13(3)18-16/h5-9,12,17H,10-11H2,1-4H3. The van der Waals surface area contributed by atoms with Crippen LogP contribution in [0.2, 0.25) is 0 Å². The fourth-order valence-corrected chi connectivity index (χ4v) is 2.98. The molecule has 2 heterocycles. The van der Waals surface area contributed by atoms with Crippen LogP contribution >= 0.6 is 11.3 Å². The average molecular weight is 289 g/mol. The van der Waals surface area contributed by atoms with Crippen molar-refractivity contribution in [3.63, 3.8) is 0 Å². The number of rotatable bonds is 6. The third-order valence-electron chi connectivity index (χ3n) is 3.20. The molecule has 0 aliphatic carbocycles. The van der Waals surface area contributed by atoms with Crippen LogP contribution in [0.4, 0.5) is 5.82 Å². The summed E-state index contributed by atoms with van der Waals surface area (Å²) in [6.07, 6.45) is 0. The minimum absolute atomic E-state index is 0.425. The Kier molecular flexibility index (Phi) is 5.15. The molecule has 0 fully saturated rings. The number of nitrogens with one attached hydrogen (secondary N) is 1. The van der Waals surface area contributed by atoms with Crippen LogP contribution in [0.3, 0.4) is 0 Å². The van der Waals surface area contributed by atoms with E-state index in [2.05, 4.69) is 60.6 Å². The first-order chi connectivity index (χ1) is 9.60. The molecular weight excluding hydrogens is 266 g/mol. The Morgan fingerprint density at radius 1 is 1.35 bits per heavy atom. The Morgan fingerprint density at radius 2 is 2.15 bits per heavy atom. The molecule has 0 atom stereocenters. The predicted molar refractivity (Wildman–Crippen MR) is 87.4 cm³/mol. The maximum atomic E-state index is 4.72. The van der Waals surface area contributed by atoms with Gasteiger partial charge in [-0.05, 0) is 57.0 Å². The molecule has 2 aromatic rings. The molecule has 0 unspecified atom stereocenters. The monoisotopic (exact) mass is 289 g/mol. The first-order valence-electron chi connectivity index (χ1n) is 7.01. The first kappa shape index (κ1) is 15.0. The Bertz CT molecular complexity index is 535. The summed E-state index contributed by atoms with van der Waals surface area (Å²) >= 11 is 1.80. The quantitative estimate of drug-likeness (QED) is 0.881. The molecule has 0 aliphatic rings. The van der Waals surface area contributed by atoms with Crippen LogP contribution in [0.5, 0.6) is 0 Å². The van der Waals surface area contributed by atoms with Gasteiger partial charge in [-0.25, -0.2) is 4.98 Å². The maximum Gasteiger partial charge on any atom is 0.129 e. The van der Waals surface area contributed by atoms with Crippen LogP contribution in [0, 0.1) is 6.92 Å². The van der Waals surface area contributed by atoms with Gasteiger partial charge in [0.05, 0.1) is 6.54 Å². The normalized spacial score (nSPS) is 11.1. The predicted octanol–water partition coefficient (Wildman–Crippen LogP) is 3.59. The second-order valence-corrected chi connectivity index (χ2v) is 6.34. The summed E-state index contributed by atoms with van der Waals surface area (Å²) in [7, 11) is 1.97. The van der Waals surface area contributed by atoms with Gasteiger partial charge in [-0.15, -0.1) is 11.3 Å². The molecule has 3 nitrogen and oxygen atoms in total. The number of hydrogen-bond donors (Lipinski definition) is 1. The van der Waals surface area contributed by atoms with Gasteiger partial charge in [-0.2, -0.15) is 0 Å². The molecule has 0 spiro atoms. The highest BCUT2D eigenvalue weighted by Crippen LogP contribution is 2.22. The van der Waals surface area contributed by atoms with Crippen molar-refractivity contribution in [3.8, 4) is 0 Å². The highest BCUT2D eigenvalue weighted by atomic mass is 32.1. The lowest BCUT2D eigenvalue weighted by Crippen LogP contribution is -2.31. The third-order valence-corrected chi connectivity index (χ3v) is 4.07. The van der Waals surface area contributed by atoms with Gasteiger partial charge in [0.2, 0.25) is 0 Å². The van der Waals surface area contributed by atoms with Crippen LogP contribution in [-0.2, 0) is 13.1 Å². The van der Waals surface area contributed by atoms with E-state index in [0.717, 1.165) is 24.6 Å².